The van der Waals surface area contributed by atoms with Crippen LogP contribution in [-0.2, 0) is 28.8 Å². The van der Waals surface area contributed by atoms with E-state index in [1.54, 1.807) is 4.90 Å². The normalized spacial score (nSPS) is 29.0. The maximum atomic E-state index is 15.1. The summed E-state index contributed by atoms with van der Waals surface area (Å²) in [6.45, 7) is 19.7. The van der Waals surface area contributed by atoms with Crippen molar-refractivity contribution >= 4 is 35.3 Å². The topological polar surface area (TPSA) is 157 Å². The van der Waals surface area contributed by atoms with Crippen molar-refractivity contribution in [2.24, 2.45) is 27.6 Å². The van der Waals surface area contributed by atoms with Crippen LogP contribution < -0.4 is 21.3 Å². The molecule has 5 amide bonds. The summed E-state index contributed by atoms with van der Waals surface area (Å²) in [5.74, 6) is -2.63. The van der Waals surface area contributed by atoms with Crippen LogP contribution in [0, 0.1) is 27.6 Å². The maximum absolute atomic E-state index is 15.1. The fraction of sp³-hybridized carbons (Fsp3) is 0.860. The molecule has 12 heteroatoms. The fourth-order valence-corrected chi connectivity index (χ4v) is 11.2. The lowest BCUT2D eigenvalue weighted by Gasteiger charge is -2.49. The molecule has 6 fully saturated rings. The fourth-order valence-electron chi connectivity index (χ4n) is 11.2. The van der Waals surface area contributed by atoms with E-state index >= 15 is 4.79 Å². The Kier molecular flexibility index (Phi) is 11.4. The standard InChI is InChI=1S/C43H70N6O6/c1-10-15-28(32(50)37(54)44-27-18-19-27)45-35(52)30-24-43(41(8,9)42(43)21-14-22-42)25-48(30)38(55)33(39(2,3)4)47-36(53)31(26-16-12-11-13-17-26)46-34(51)29-20-23-49(29)40(5,6)7/h26-31,33H,10-25H2,1-9H3,(H,44,54)(H,45,52)(H,46,51)(H,47,53)/t28?,29-,30-,31-,33+,43+/m0/s1. The molecule has 2 heterocycles. The third kappa shape index (κ3) is 7.59. The molecule has 0 radical (unpaired) electrons. The average Bonchev–Trinajstić information content (AvgIpc) is 3.88. The molecule has 4 saturated carbocycles. The molecule has 6 rings (SSSR count). The second-order valence-electron chi connectivity index (χ2n) is 20.7. The summed E-state index contributed by atoms with van der Waals surface area (Å²) in [7, 11) is 0. The molecule has 12 nitrogen and oxygen atoms in total. The number of nitrogens with zero attached hydrogens (tertiary/aromatic N) is 2. The molecular weight excluding hydrogens is 697 g/mol. The molecule has 2 aliphatic heterocycles. The zero-order valence-electron chi connectivity index (χ0n) is 35.2. The van der Waals surface area contributed by atoms with Gasteiger partial charge in [0.05, 0.1) is 12.1 Å². The van der Waals surface area contributed by atoms with Crippen LogP contribution >= 0.6 is 0 Å². The van der Waals surface area contributed by atoms with Crippen molar-refractivity contribution in [2.45, 2.75) is 194 Å². The summed E-state index contributed by atoms with van der Waals surface area (Å²) in [5, 5.41) is 12.0. The van der Waals surface area contributed by atoms with Gasteiger partial charge in [-0.1, -0.05) is 73.6 Å². The Morgan fingerprint density at radius 2 is 1.40 bits per heavy atom. The molecule has 2 saturated heterocycles. The Hall–Kier alpha value is -3.02. The zero-order chi connectivity index (χ0) is 40.3. The monoisotopic (exact) mass is 767 g/mol. The van der Waals surface area contributed by atoms with E-state index in [9.17, 15) is 24.0 Å². The molecule has 55 heavy (non-hydrogen) atoms. The van der Waals surface area contributed by atoms with E-state index in [0.29, 0.717) is 25.8 Å². The quantitative estimate of drug-likeness (QED) is 0.203. The van der Waals surface area contributed by atoms with Crippen molar-refractivity contribution in [2.75, 3.05) is 13.1 Å². The molecule has 1 unspecified atom stereocenters. The minimum absolute atomic E-state index is 0.0139. The molecule has 0 aromatic rings. The van der Waals surface area contributed by atoms with Gasteiger partial charge in [-0.05, 0) is 101 Å². The van der Waals surface area contributed by atoms with Gasteiger partial charge < -0.3 is 26.2 Å². The molecule has 0 bridgehead atoms. The van der Waals surface area contributed by atoms with Gasteiger partial charge in [0.1, 0.15) is 18.1 Å². The van der Waals surface area contributed by atoms with E-state index in [4.69, 9.17) is 0 Å². The summed E-state index contributed by atoms with van der Waals surface area (Å²) < 4.78 is 0. The number of amides is 5. The number of carbonyl (C=O) groups is 6. The maximum Gasteiger partial charge on any atom is 0.289 e. The molecule has 0 aromatic heterocycles. The van der Waals surface area contributed by atoms with Crippen LogP contribution in [-0.4, -0.2) is 100.0 Å². The third-order valence-corrected chi connectivity index (χ3v) is 15.0. The predicted molar refractivity (Wildman–Crippen MR) is 210 cm³/mol. The van der Waals surface area contributed by atoms with Crippen molar-refractivity contribution in [1.82, 2.24) is 31.1 Å². The van der Waals surface area contributed by atoms with E-state index < -0.39 is 47.2 Å². The van der Waals surface area contributed by atoms with Crippen LogP contribution in [0.25, 0.3) is 0 Å². The Bertz CT molecular complexity index is 1530. The lowest BCUT2D eigenvalue weighted by atomic mass is 9.73. The van der Waals surface area contributed by atoms with E-state index in [1.807, 2.05) is 27.7 Å². The van der Waals surface area contributed by atoms with Gasteiger partial charge in [0.25, 0.3) is 5.91 Å². The van der Waals surface area contributed by atoms with Gasteiger partial charge >= 0.3 is 0 Å². The highest BCUT2D eigenvalue weighted by Crippen LogP contribution is 2.88. The molecule has 0 aromatic carbocycles. The van der Waals surface area contributed by atoms with Crippen molar-refractivity contribution in [1.29, 1.82) is 0 Å². The first-order valence-corrected chi connectivity index (χ1v) is 21.5. The van der Waals surface area contributed by atoms with Crippen molar-refractivity contribution < 1.29 is 28.8 Å². The van der Waals surface area contributed by atoms with Gasteiger partial charge in [-0.15, -0.1) is 0 Å². The molecule has 6 aliphatic rings. The minimum atomic E-state index is -0.988. The number of hydrogen-bond donors (Lipinski definition) is 4. The number of likely N-dealkylation sites (tertiary alicyclic amines) is 2. The van der Waals surface area contributed by atoms with Crippen molar-refractivity contribution in [3.8, 4) is 0 Å². The number of hydrogen-bond acceptors (Lipinski definition) is 7. The minimum Gasteiger partial charge on any atom is -0.347 e. The molecule has 4 N–H and O–H groups in total. The summed E-state index contributed by atoms with van der Waals surface area (Å²) in [6, 6.07) is -3.89. The first-order valence-electron chi connectivity index (χ1n) is 21.5. The smallest absolute Gasteiger partial charge is 0.289 e. The van der Waals surface area contributed by atoms with Gasteiger partial charge in [0.2, 0.25) is 29.4 Å². The van der Waals surface area contributed by atoms with Gasteiger partial charge in [-0.25, -0.2) is 0 Å². The first-order chi connectivity index (χ1) is 25.7. The highest BCUT2D eigenvalue weighted by atomic mass is 16.2. The molecular formula is C43H70N6O6. The van der Waals surface area contributed by atoms with E-state index in [-0.39, 0.29) is 57.5 Å². The van der Waals surface area contributed by atoms with Crippen LogP contribution in [0.15, 0.2) is 0 Å². The summed E-state index contributed by atoms with van der Waals surface area (Å²) in [4.78, 5) is 87.9. The molecule has 6 atom stereocenters. The van der Waals surface area contributed by atoms with Gasteiger partial charge in [-0.2, -0.15) is 0 Å². The summed E-state index contributed by atoms with van der Waals surface area (Å²) in [6.07, 6.45) is 11.7. The Morgan fingerprint density at radius 3 is 1.89 bits per heavy atom. The SMILES string of the molecule is CCCC(NC(=O)[C@@H]1C[C@@]2(CN1C(=O)[C@@H](NC(=O)[C@@H](NC(=O)[C@@H]1CCN1C(C)(C)C)C1CCCCC1)C(C)(C)C)C(C)(C)C21CCC1)C(=O)C(=O)NC1CC1. The Labute approximate surface area is 329 Å². The predicted octanol–water partition coefficient (Wildman–Crippen LogP) is 4.39. The number of ketones is 1. The van der Waals surface area contributed by atoms with Crippen LogP contribution in [0.1, 0.15) is 152 Å². The second-order valence-corrected chi connectivity index (χ2v) is 20.7. The molecule has 2 spiro atoms. The second kappa shape index (κ2) is 15.1. The Balaban J connectivity index is 1.25. The Morgan fingerprint density at radius 1 is 0.764 bits per heavy atom. The highest BCUT2D eigenvalue weighted by molar-refractivity contribution is 6.38. The summed E-state index contributed by atoms with van der Waals surface area (Å²) in [5.41, 5.74) is -1.22. The third-order valence-electron chi connectivity index (χ3n) is 15.0. The van der Waals surface area contributed by atoms with Crippen LogP contribution in [0.3, 0.4) is 0 Å². The lowest BCUT2D eigenvalue weighted by Crippen LogP contribution is -2.66. The number of nitrogens with one attached hydrogen (secondary N) is 4. The van der Waals surface area contributed by atoms with Crippen LogP contribution in [0.5, 0.6) is 0 Å². The average molecular weight is 767 g/mol. The van der Waals surface area contributed by atoms with Crippen LogP contribution in [0.4, 0.5) is 0 Å². The number of fused-ring (bicyclic) bond motifs is 1. The van der Waals surface area contributed by atoms with E-state index in [0.717, 1.165) is 77.2 Å². The molecule has 4 aliphatic carbocycles. The largest absolute Gasteiger partial charge is 0.347 e. The van der Waals surface area contributed by atoms with Gasteiger partial charge in [0, 0.05) is 30.1 Å². The number of Topliss-reactive ketones (excluding diaryl/α,β-unsaturated/α-hetero) is 1. The van der Waals surface area contributed by atoms with Gasteiger partial charge in [-0.3, -0.25) is 33.7 Å². The van der Waals surface area contributed by atoms with Crippen molar-refractivity contribution in [3.05, 3.63) is 0 Å². The number of rotatable bonds is 13. The van der Waals surface area contributed by atoms with E-state index in [2.05, 4.69) is 60.8 Å². The van der Waals surface area contributed by atoms with Crippen molar-refractivity contribution in [3.63, 3.8) is 0 Å². The zero-order valence-corrected chi connectivity index (χ0v) is 35.2. The van der Waals surface area contributed by atoms with Crippen LogP contribution in [0.2, 0.25) is 0 Å². The first kappa shape index (κ1) is 41.6. The molecule has 308 valence electrons. The van der Waals surface area contributed by atoms with Gasteiger partial charge in [0.15, 0.2) is 0 Å². The van der Waals surface area contributed by atoms with E-state index in [1.165, 1.54) is 0 Å². The number of carbonyl (C=O) groups excluding carboxylic acids is 6. The highest BCUT2D eigenvalue weighted by Gasteiger charge is 2.85. The summed E-state index contributed by atoms with van der Waals surface area (Å²) >= 11 is 0. The lowest BCUT2D eigenvalue weighted by molar-refractivity contribution is -0.146.